The Morgan fingerprint density at radius 3 is 2.41 bits per heavy atom. The minimum Gasteiger partial charge on any atom is -0.497 e. The number of amides is 1. The standard InChI is InChI=1S/C20H26N2O5/c1-7-22-12(2)10-16(13(22)3)20(24)27-14(4)19(23)21-17-11-15(25-5)8-9-18(17)26-6/h8-11,14H,7H2,1-6H3,(H,21,23). The summed E-state index contributed by atoms with van der Waals surface area (Å²) in [6.45, 7) is 8.08. The molecule has 146 valence electrons. The van der Waals surface area contributed by atoms with Crippen molar-refractivity contribution in [2.45, 2.75) is 40.3 Å². The van der Waals surface area contributed by atoms with E-state index in [4.69, 9.17) is 14.2 Å². The Bertz CT molecular complexity index is 841. The van der Waals surface area contributed by atoms with E-state index in [2.05, 4.69) is 5.32 Å². The van der Waals surface area contributed by atoms with Crippen LogP contribution >= 0.6 is 0 Å². The SMILES string of the molecule is CCn1c(C)cc(C(=O)OC(C)C(=O)Nc2cc(OC)ccc2OC)c1C. The number of aromatic nitrogens is 1. The van der Waals surface area contributed by atoms with Gasteiger partial charge in [-0.2, -0.15) is 0 Å². The van der Waals surface area contributed by atoms with Crippen molar-refractivity contribution in [1.29, 1.82) is 0 Å². The van der Waals surface area contributed by atoms with Crippen LogP contribution in [0.1, 0.15) is 35.6 Å². The smallest absolute Gasteiger partial charge is 0.340 e. The second-order valence-electron chi connectivity index (χ2n) is 6.13. The van der Waals surface area contributed by atoms with Gasteiger partial charge in [-0.15, -0.1) is 0 Å². The fourth-order valence-corrected chi connectivity index (χ4v) is 2.92. The quantitative estimate of drug-likeness (QED) is 0.752. The summed E-state index contributed by atoms with van der Waals surface area (Å²) in [6.07, 6.45) is -0.974. The Morgan fingerprint density at radius 1 is 1.15 bits per heavy atom. The van der Waals surface area contributed by atoms with Crippen molar-refractivity contribution in [3.8, 4) is 11.5 Å². The van der Waals surface area contributed by atoms with Crippen LogP contribution < -0.4 is 14.8 Å². The third-order valence-corrected chi connectivity index (χ3v) is 4.43. The molecule has 1 unspecified atom stereocenters. The van der Waals surface area contributed by atoms with Gasteiger partial charge >= 0.3 is 5.97 Å². The van der Waals surface area contributed by atoms with E-state index in [0.29, 0.717) is 22.7 Å². The minimum atomic E-state index is -0.974. The van der Waals surface area contributed by atoms with Gasteiger partial charge in [0.2, 0.25) is 0 Å². The van der Waals surface area contributed by atoms with Crippen molar-refractivity contribution in [1.82, 2.24) is 4.57 Å². The van der Waals surface area contributed by atoms with E-state index in [-0.39, 0.29) is 0 Å². The van der Waals surface area contributed by atoms with Crippen molar-refractivity contribution in [3.05, 3.63) is 41.2 Å². The lowest BCUT2D eigenvalue weighted by atomic mass is 10.2. The molecule has 0 aliphatic heterocycles. The maximum absolute atomic E-state index is 12.5. The molecular weight excluding hydrogens is 348 g/mol. The summed E-state index contributed by atoms with van der Waals surface area (Å²) in [6, 6.07) is 6.82. The number of nitrogens with one attached hydrogen (secondary N) is 1. The average molecular weight is 374 g/mol. The van der Waals surface area contributed by atoms with Crippen LogP contribution in [0.4, 0.5) is 5.69 Å². The topological polar surface area (TPSA) is 78.8 Å². The van der Waals surface area contributed by atoms with Crippen LogP contribution in [0.5, 0.6) is 11.5 Å². The van der Waals surface area contributed by atoms with Gasteiger partial charge in [-0.05, 0) is 45.9 Å². The Hall–Kier alpha value is -2.96. The summed E-state index contributed by atoms with van der Waals surface area (Å²) in [4.78, 5) is 24.9. The van der Waals surface area contributed by atoms with E-state index in [9.17, 15) is 9.59 Å². The summed E-state index contributed by atoms with van der Waals surface area (Å²) in [7, 11) is 3.04. The number of benzene rings is 1. The van der Waals surface area contributed by atoms with Crippen LogP contribution in [0.25, 0.3) is 0 Å². The molecular formula is C20H26N2O5. The lowest BCUT2D eigenvalue weighted by Gasteiger charge is -2.16. The molecule has 1 N–H and O–H groups in total. The molecule has 0 saturated heterocycles. The molecule has 0 radical (unpaired) electrons. The maximum Gasteiger partial charge on any atom is 0.340 e. The molecule has 1 aromatic heterocycles. The van der Waals surface area contributed by atoms with Gasteiger partial charge in [0.1, 0.15) is 11.5 Å². The highest BCUT2D eigenvalue weighted by atomic mass is 16.5. The number of nitrogens with zero attached hydrogens (tertiary/aromatic N) is 1. The molecule has 2 aromatic rings. The van der Waals surface area contributed by atoms with Gasteiger partial charge in [-0.3, -0.25) is 4.79 Å². The fraction of sp³-hybridized carbons (Fsp3) is 0.400. The van der Waals surface area contributed by atoms with Crippen LogP contribution in [-0.4, -0.2) is 36.8 Å². The number of methoxy groups -OCH3 is 2. The molecule has 1 heterocycles. The van der Waals surface area contributed by atoms with Crippen molar-refractivity contribution in [2.75, 3.05) is 19.5 Å². The Labute approximate surface area is 159 Å². The second-order valence-corrected chi connectivity index (χ2v) is 6.13. The number of anilines is 1. The summed E-state index contributed by atoms with van der Waals surface area (Å²) in [5.41, 5.74) is 2.70. The molecule has 7 nitrogen and oxygen atoms in total. The van der Waals surface area contributed by atoms with Crippen molar-refractivity contribution < 1.29 is 23.8 Å². The van der Waals surface area contributed by atoms with Gasteiger partial charge in [0.05, 0.1) is 25.5 Å². The third-order valence-electron chi connectivity index (χ3n) is 4.43. The molecule has 1 amide bonds. The lowest BCUT2D eigenvalue weighted by molar-refractivity contribution is -0.123. The Balaban J connectivity index is 2.11. The molecule has 0 aliphatic rings. The zero-order valence-corrected chi connectivity index (χ0v) is 16.6. The number of esters is 1. The van der Waals surface area contributed by atoms with E-state index in [1.54, 1.807) is 24.3 Å². The summed E-state index contributed by atoms with van der Waals surface area (Å²) in [5, 5.41) is 2.71. The molecule has 7 heteroatoms. The highest BCUT2D eigenvalue weighted by molar-refractivity contribution is 5.98. The fourth-order valence-electron chi connectivity index (χ4n) is 2.92. The van der Waals surface area contributed by atoms with E-state index < -0.39 is 18.0 Å². The summed E-state index contributed by atoms with van der Waals surface area (Å²) < 4.78 is 17.8. The molecule has 1 aromatic carbocycles. The molecule has 0 bridgehead atoms. The van der Waals surface area contributed by atoms with Crippen LogP contribution in [0.15, 0.2) is 24.3 Å². The maximum atomic E-state index is 12.5. The predicted octanol–water partition coefficient (Wildman–Crippen LogP) is 3.33. The zero-order valence-electron chi connectivity index (χ0n) is 16.6. The molecule has 0 saturated carbocycles. The van der Waals surface area contributed by atoms with Gasteiger partial charge in [-0.1, -0.05) is 0 Å². The number of aryl methyl sites for hydroxylation is 1. The van der Waals surface area contributed by atoms with E-state index in [0.717, 1.165) is 17.9 Å². The molecule has 27 heavy (non-hydrogen) atoms. The number of ether oxygens (including phenoxy) is 3. The van der Waals surface area contributed by atoms with E-state index >= 15 is 0 Å². The first-order valence-electron chi connectivity index (χ1n) is 8.72. The minimum absolute atomic E-state index is 0.439. The first-order valence-corrected chi connectivity index (χ1v) is 8.72. The van der Waals surface area contributed by atoms with Crippen LogP contribution in [-0.2, 0) is 16.1 Å². The van der Waals surface area contributed by atoms with Crippen molar-refractivity contribution >= 4 is 17.6 Å². The number of rotatable bonds is 7. The van der Waals surface area contributed by atoms with Gasteiger partial charge in [0.25, 0.3) is 5.91 Å². The van der Waals surface area contributed by atoms with Gasteiger partial charge < -0.3 is 24.1 Å². The van der Waals surface area contributed by atoms with Crippen molar-refractivity contribution in [2.24, 2.45) is 0 Å². The number of carbonyl (C=O) groups is 2. The molecule has 1 atom stereocenters. The number of hydrogen-bond donors (Lipinski definition) is 1. The zero-order chi connectivity index (χ0) is 20.1. The second kappa shape index (κ2) is 8.62. The van der Waals surface area contributed by atoms with Crippen LogP contribution in [0.3, 0.4) is 0 Å². The van der Waals surface area contributed by atoms with Crippen LogP contribution in [0.2, 0.25) is 0 Å². The largest absolute Gasteiger partial charge is 0.497 e. The summed E-state index contributed by atoms with van der Waals surface area (Å²) in [5.74, 6) is 0.0687. The molecule has 0 spiro atoms. The van der Waals surface area contributed by atoms with Crippen molar-refractivity contribution in [3.63, 3.8) is 0 Å². The first kappa shape index (κ1) is 20.4. The monoisotopic (exact) mass is 374 g/mol. The average Bonchev–Trinajstić information content (AvgIpc) is 2.95. The van der Waals surface area contributed by atoms with Crippen LogP contribution in [0, 0.1) is 13.8 Å². The number of carbonyl (C=O) groups excluding carboxylic acids is 2. The highest BCUT2D eigenvalue weighted by Gasteiger charge is 2.23. The summed E-state index contributed by atoms with van der Waals surface area (Å²) >= 11 is 0. The van der Waals surface area contributed by atoms with E-state index in [1.807, 2.05) is 25.3 Å². The molecule has 0 fully saturated rings. The van der Waals surface area contributed by atoms with Gasteiger partial charge in [0.15, 0.2) is 6.10 Å². The molecule has 0 aliphatic carbocycles. The Kier molecular flexibility index (Phi) is 6.50. The highest BCUT2D eigenvalue weighted by Crippen LogP contribution is 2.29. The Morgan fingerprint density at radius 2 is 1.85 bits per heavy atom. The molecule has 2 rings (SSSR count). The first-order chi connectivity index (χ1) is 12.8. The predicted molar refractivity (Wildman–Crippen MR) is 103 cm³/mol. The third kappa shape index (κ3) is 4.42. The van der Waals surface area contributed by atoms with Gasteiger partial charge in [0, 0.05) is 24.0 Å². The normalized spacial score (nSPS) is 11.6. The lowest BCUT2D eigenvalue weighted by Crippen LogP contribution is -2.30. The van der Waals surface area contributed by atoms with Gasteiger partial charge in [-0.25, -0.2) is 4.79 Å². The number of hydrogen-bond acceptors (Lipinski definition) is 5. The van der Waals surface area contributed by atoms with E-state index in [1.165, 1.54) is 21.1 Å².